The average Bonchev–Trinajstić information content (AvgIpc) is 2.99. The first kappa shape index (κ1) is 19.5. The van der Waals surface area contributed by atoms with E-state index in [1.54, 1.807) is 45.6 Å². The van der Waals surface area contributed by atoms with Gasteiger partial charge in [0.2, 0.25) is 0 Å². The number of aryl methyl sites for hydroxylation is 1. The molecule has 134 valence electrons. The molecule has 0 atom stereocenters. The van der Waals surface area contributed by atoms with Crippen LogP contribution in [0.25, 0.3) is 6.08 Å². The number of rotatable bonds is 8. The normalized spacial score (nSPS) is 10.9. The van der Waals surface area contributed by atoms with E-state index in [1.807, 2.05) is 6.07 Å². The van der Waals surface area contributed by atoms with Crippen molar-refractivity contribution in [2.75, 3.05) is 21.3 Å². The molecule has 2 aromatic rings. The molecule has 0 spiro atoms. The summed E-state index contributed by atoms with van der Waals surface area (Å²) in [7, 11) is 4.72. The standard InChI is InChI=1S/C19H21BrO4S/c1-5-6-18-13(20)10-19(25-18)14(21)8-7-12-9-16(23-3)17(24-4)11-15(12)22-2/h7-11H,5-6H2,1-4H3/b8-7+. The second-order valence-corrected chi connectivity index (χ2v) is 7.27. The van der Waals surface area contributed by atoms with Crippen molar-refractivity contribution < 1.29 is 19.0 Å². The molecule has 1 aromatic heterocycles. The Hall–Kier alpha value is -1.79. The minimum atomic E-state index is -0.0371. The van der Waals surface area contributed by atoms with E-state index in [1.165, 1.54) is 16.2 Å². The van der Waals surface area contributed by atoms with Crippen molar-refractivity contribution in [3.63, 3.8) is 0 Å². The molecule has 0 fully saturated rings. The van der Waals surface area contributed by atoms with Gasteiger partial charge in [0.05, 0.1) is 26.2 Å². The van der Waals surface area contributed by atoms with Gasteiger partial charge in [-0.1, -0.05) is 13.3 Å². The van der Waals surface area contributed by atoms with Crippen LogP contribution < -0.4 is 14.2 Å². The van der Waals surface area contributed by atoms with Crippen molar-refractivity contribution in [3.8, 4) is 17.2 Å². The quantitative estimate of drug-likeness (QED) is 0.421. The van der Waals surface area contributed by atoms with Crippen molar-refractivity contribution in [2.24, 2.45) is 0 Å². The molecule has 6 heteroatoms. The van der Waals surface area contributed by atoms with Gasteiger partial charge in [-0.25, -0.2) is 0 Å². The summed E-state index contributed by atoms with van der Waals surface area (Å²) in [6, 6.07) is 5.41. The van der Waals surface area contributed by atoms with Gasteiger partial charge in [0.1, 0.15) is 5.75 Å². The zero-order valence-corrected chi connectivity index (χ0v) is 17.1. The number of carbonyl (C=O) groups excluding carboxylic acids is 1. The Morgan fingerprint density at radius 3 is 2.32 bits per heavy atom. The minimum absolute atomic E-state index is 0.0371. The number of ether oxygens (including phenoxy) is 3. The number of halogens is 1. The third-order valence-electron chi connectivity index (χ3n) is 3.63. The number of thiophene rings is 1. The largest absolute Gasteiger partial charge is 0.496 e. The van der Waals surface area contributed by atoms with Gasteiger partial charge in [-0.3, -0.25) is 4.79 Å². The van der Waals surface area contributed by atoms with Gasteiger partial charge in [0, 0.05) is 21.0 Å². The van der Waals surface area contributed by atoms with E-state index >= 15 is 0 Å². The molecular formula is C19H21BrO4S. The Balaban J connectivity index is 2.28. The third-order valence-corrected chi connectivity index (χ3v) is 5.81. The Bertz CT molecular complexity index is 780. The van der Waals surface area contributed by atoms with Gasteiger partial charge in [-0.15, -0.1) is 11.3 Å². The van der Waals surface area contributed by atoms with Crippen LogP contribution in [0.4, 0.5) is 0 Å². The van der Waals surface area contributed by atoms with Crippen LogP contribution in [-0.4, -0.2) is 27.1 Å². The Labute approximate surface area is 160 Å². The minimum Gasteiger partial charge on any atom is -0.496 e. The molecule has 0 aliphatic carbocycles. The fraction of sp³-hybridized carbons (Fsp3) is 0.316. The molecule has 0 saturated heterocycles. The molecule has 4 nitrogen and oxygen atoms in total. The lowest BCUT2D eigenvalue weighted by atomic mass is 10.1. The lowest BCUT2D eigenvalue weighted by Crippen LogP contribution is -1.95. The summed E-state index contributed by atoms with van der Waals surface area (Å²) >= 11 is 5.05. The summed E-state index contributed by atoms with van der Waals surface area (Å²) in [5.41, 5.74) is 0.748. The summed E-state index contributed by atoms with van der Waals surface area (Å²) < 4.78 is 17.0. The first-order valence-electron chi connectivity index (χ1n) is 7.84. The van der Waals surface area contributed by atoms with Crippen molar-refractivity contribution in [1.29, 1.82) is 0 Å². The van der Waals surface area contributed by atoms with Crippen LogP contribution in [0.15, 0.2) is 28.7 Å². The Morgan fingerprint density at radius 2 is 1.72 bits per heavy atom. The van der Waals surface area contributed by atoms with Gasteiger partial charge in [-0.2, -0.15) is 0 Å². The molecule has 1 heterocycles. The Morgan fingerprint density at radius 1 is 1.08 bits per heavy atom. The molecule has 25 heavy (non-hydrogen) atoms. The topological polar surface area (TPSA) is 44.8 Å². The number of hydrogen-bond acceptors (Lipinski definition) is 5. The second-order valence-electron chi connectivity index (χ2n) is 5.28. The molecule has 0 unspecified atom stereocenters. The Kier molecular flexibility index (Phi) is 7.08. The molecule has 0 aliphatic rings. The van der Waals surface area contributed by atoms with E-state index in [9.17, 15) is 4.79 Å². The fourth-order valence-electron chi connectivity index (χ4n) is 2.36. The van der Waals surface area contributed by atoms with E-state index in [2.05, 4.69) is 22.9 Å². The summed E-state index contributed by atoms with van der Waals surface area (Å²) in [4.78, 5) is 14.4. The number of methoxy groups -OCH3 is 3. The van der Waals surface area contributed by atoms with Crippen molar-refractivity contribution in [3.05, 3.63) is 44.1 Å². The number of ketones is 1. The predicted octanol–water partition coefficient (Wildman–Crippen LogP) is 5.39. The maximum Gasteiger partial charge on any atom is 0.195 e. The first-order chi connectivity index (χ1) is 12.0. The summed E-state index contributed by atoms with van der Waals surface area (Å²) in [6.45, 7) is 2.12. The molecule has 0 N–H and O–H groups in total. The van der Waals surface area contributed by atoms with Crippen molar-refractivity contribution in [1.82, 2.24) is 0 Å². The van der Waals surface area contributed by atoms with E-state index in [4.69, 9.17) is 14.2 Å². The van der Waals surface area contributed by atoms with Crippen LogP contribution >= 0.6 is 27.3 Å². The molecule has 0 bridgehead atoms. The van der Waals surface area contributed by atoms with Crippen LogP contribution in [-0.2, 0) is 6.42 Å². The van der Waals surface area contributed by atoms with Gasteiger partial charge in [0.15, 0.2) is 17.3 Å². The molecular weight excluding hydrogens is 404 g/mol. The fourth-order valence-corrected chi connectivity index (χ4v) is 4.25. The summed E-state index contributed by atoms with van der Waals surface area (Å²) in [5, 5.41) is 0. The lowest BCUT2D eigenvalue weighted by molar-refractivity contribution is 0.105. The van der Waals surface area contributed by atoms with Crippen molar-refractivity contribution >= 4 is 39.1 Å². The zero-order valence-electron chi connectivity index (χ0n) is 14.7. The maximum absolute atomic E-state index is 12.5. The molecule has 0 aliphatic heterocycles. The lowest BCUT2D eigenvalue weighted by Gasteiger charge is -2.12. The van der Waals surface area contributed by atoms with Gasteiger partial charge in [0.25, 0.3) is 0 Å². The summed E-state index contributed by atoms with van der Waals surface area (Å²) in [6.07, 6.45) is 5.30. The number of benzene rings is 1. The average molecular weight is 425 g/mol. The molecule has 0 radical (unpaired) electrons. The van der Waals surface area contributed by atoms with E-state index < -0.39 is 0 Å². The molecule has 0 amide bonds. The first-order valence-corrected chi connectivity index (χ1v) is 9.45. The van der Waals surface area contributed by atoms with E-state index in [-0.39, 0.29) is 5.78 Å². The molecule has 1 aromatic carbocycles. The SMILES string of the molecule is CCCc1sc(C(=O)/C=C/c2cc(OC)c(OC)cc2OC)cc1Br. The van der Waals surface area contributed by atoms with E-state index in [0.29, 0.717) is 22.1 Å². The molecule has 0 saturated carbocycles. The number of hydrogen-bond donors (Lipinski definition) is 0. The summed E-state index contributed by atoms with van der Waals surface area (Å²) in [5.74, 6) is 1.74. The van der Waals surface area contributed by atoms with Crippen LogP contribution in [0.3, 0.4) is 0 Å². The number of allylic oxidation sites excluding steroid dienone is 1. The van der Waals surface area contributed by atoms with Crippen LogP contribution in [0, 0.1) is 0 Å². The maximum atomic E-state index is 12.5. The van der Waals surface area contributed by atoms with Crippen LogP contribution in [0.2, 0.25) is 0 Å². The monoisotopic (exact) mass is 424 g/mol. The van der Waals surface area contributed by atoms with Gasteiger partial charge < -0.3 is 14.2 Å². The number of carbonyl (C=O) groups is 1. The van der Waals surface area contributed by atoms with Crippen LogP contribution in [0.1, 0.15) is 33.5 Å². The molecule has 2 rings (SSSR count). The van der Waals surface area contributed by atoms with E-state index in [0.717, 1.165) is 22.9 Å². The predicted molar refractivity (Wildman–Crippen MR) is 105 cm³/mol. The highest BCUT2D eigenvalue weighted by molar-refractivity contribution is 9.10. The highest BCUT2D eigenvalue weighted by Gasteiger charge is 2.13. The highest BCUT2D eigenvalue weighted by Crippen LogP contribution is 2.35. The highest BCUT2D eigenvalue weighted by atomic mass is 79.9. The van der Waals surface area contributed by atoms with Gasteiger partial charge >= 0.3 is 0 Å². The zero-order chi connectivity index (χ0) is 18.4. The van der Waals surface area contributed by atoms with Gasteiger partial charge in [-0.05, 0) is 46.6 Å². The van der Waals surface area contributed by atoms with Crippen LogP contribution in [0.5, 0.6) is 17.2 Å². The smallest absolute Gasteiger partial charge is 0.195 e. The van der Waals surface area contributed by atoms with Crippen molar-refractivity contribution in [2.45, 2.75) is 19.8 Å². The second kappa shape index (κ2) is 9.06. The third kappa shape index (κ3) is 4.64.